The summed E-state index contributed by atoms with van der Waals surface area (Å²) in [6, 6.07) is 8.63. The topological polar surface area (TPSA) is 64.2 Å². The van der Waals surface area contributed by atoms with Gasteiger partial charge in [-0.1, -0.05) is 19.1 Å². The molecule has 0 unspecified atom stereocenters. The number of hydrogen-bond donors (Lipinski definition) is 1. The van der Waals surface area contributed by atoms with E-state index in [4.69, 9.17) is 9.47 Å². The third-order valence-electron chi connectivity index (χ3n) is 2.36. The Balaban J connectivity index is 2.24. The molecule has 2 rings (SSSR count). The normalized spacial score (nSPS) is 10.2. The Morgan fingerprint density at radius 2 is 2.00 bits per heavy atom. The largest absolute Gasteiger partial charge is 0.490 e. The minimum absolute atomic E-state index is 0.241. The molecule has 0 atom stereocenters. The van der Waals surface area contributed by atoms with Crippen LogP contribution in [0.5, 0.6) is 17.4 Å². The highest BCUT2D eigenvalue weighted by atomic mass is 16.5. The molecule has 0 bridgehead atoms. The third-order valence-corrected chi connectivity index (χ3v) is 2.36. The van der Waals surface area contributed by atoms with E-state index in [-0.39, 0.29) is 11.4 Å². The average molecular weight is 260 g/mol. The van der Waals surface area contributed by atoms with E-state index in [1.54, 1.807) is 13.0 Å². The van der Waals surface area contributed by atoms with E-state index in [1.165, 1.54) is 6.07 Å². The lowest BCUT2D eigenvalue weighted by atomic mass is 10.3. The van der Waals surface area contributed by atoms with Crippen LogP contribution in [-0.4, -0.2) is 16.6 Å². The molecular formula is C14H16N2O3. The fraction of sp³-hybridized carbons (Fsp3) is 0.286. The van der Waals surface area contributed by atoms with E-state index in [2.05, 4.69) is 9.97 Å². The van der Waals surface area contributed by atoms with Crippen molar-refractivity contribution in [3.8, 4) is 17.4 Å². The van der Waals surface area contributed by atoms with Gasteiger partial charge in [-0.2, -0.15) is 0 Å². The summed E-state index contributed by atoms with van der Waals surface area (Å²) in [6.45, 7) is 4.35. The molecule has 1 N–H and O–H groups in total. The van der Waals surface area contributed by atoms with E-state index >= 15 is 0 Å². The Morgan fingerprint density at radius 3 is 2.68 bits per heavy atom. The molecule has 100 valence electrons. The van der Waals surface area contributed by atoms with E-state index in [0.717, 1.165) is 6.42 Å². The summed E-state index contributed by atoms with van der Waals surface area (Å²) in [5, 5.41) is 0. The number of H-pyrrole nitrogens is 1. The third kappa shape index (κ3) is 3.58. The van der Waals surface area contributed by atoms with Crippen LogP contribution in [0.15, 0.2) is 35.1 Å². The molecule has 0 aliphatic heterocycles. The lowest BCUT2D eigenvalue weighted by Gasteiger charge is -2.11. The molecule has 5 heteroatoms. The monoisotopic (exact) mass is 260 g/mol. The summed E-state index contributed by atoms with van der Waals surface area (Å²) in [7, 11) is 0. The molecule has 0 fully saturated rings. The van der Waals surface area contributed by atoms with Crippen molar-refractivity contribution in [1.82, 2.24) is 9.97 Å². The summed E-state index contributed by atoms with van der Waals surface area (Å²) in [4.78, 5) is 18.0. The Morgan fingerprint density at radius 1 is 1.26 bits per heavy atom. The van der Waals surface area contributed by atoms with Crippen LogP contribution in [0.25, 0.3) is 0 Å². The van der Waals surface area contributed by atoms with Crippen molar-refractivity contribution in [3.05, 3.63) is 46.5 Å². The maximum absolute atomic E-state index is 11.4. The van der Waals surface area contributed by atoms with E-state index < -0.39 is 0 Å². The minimum Gasteiger partial charge on any atom is -0.490 e. The van der Waals surface area contributed by atoms with Gasteiger partial charge in [0.2, 0.25) is 5.88 Å². The van der Waals surface area contributed by atoms with E-state index in [0.29, 0.717) is 23.9 Å². The fourth-order valence-electron chi connectivity index (χ4n) is 1.58. The molecule has 0 spiro atoms. The fourth-order valence-corrected chi connectivity index (χ4v) is 1.58. The van der Waals surface area contributed by atoms with Crippen molar-refractivity contribution in [2.45, 2.75) is 20.3 Å². The first-order chi connectivity index (χ1) is 9.19. The number of aromatic nitrogens is 2. The lowest BCUT2D eigenvalue weighted by molar-refractivity contribution is 0.300. The van der Waals surface area contributed by atoms with Gasteiger partial charge in [-0.05, 0) is 25.5 Å². The van der Waals surface area contributed by atoms with Crippen molar-refractivity contribution in [2.75, 3.05) is 6.61 Å². The van der Waals surface area contributed by atoms with Crippen LogP contribution in [0, 0.1) is 6.92 Å². The minimum atomic E-state index is -0.241. The van der Waals surface area contributed by atoms with Gasteiger partial charge >= 0.3 is 0 Å². The summed E-state index contributed by atoms with van der Waals surface area (Å²) in [6.07, 6.45) is 0.913. The molecule has 0 amide bonds. The summed E-state index contributed by atoms with van der Waals surface area (Å²) < 4.78 is 11.2. The van der Waals surface area contributed by atoms with Crippen molar-refractivity contribution in [1.29, 1.82) is 0 Å². The van der Waals surface area contributed by atoms with Gasteiger partial charge in [0.05, 0.1) is 12.7 Å². The van der Waals surface area contributed by atoms with E-state index in [9.17, 15) is 4.79 Å². The van der Waals surface area contributed by atoms with Crippen LogP contribution in [0.1, 0.15) is 19.2 Å². The van der Waals surface area contributed by atoms with Crippen LogP contribution >= 0.6 is 0 Å². The van der Waals surface area contributed by atoms with Gasteiger partial charge in [-0.15, -0.1) is 0 Å². The summed E-state index contributed by atoms with van der Waals surface area (Å²) in [5.74, 6) is 1.96. The predicted octanol–water partition coefficient (Wildman–Crippen LogP) is 2.66. The predicted molar refractivity (Wildman–Crippen MR) is 71.9 cm³/mol. The molecule has 1 heterocycles. The van der Waals surface area contributed by atoms with Crippen molar-refractivity contribution in [2.24, 2.45) is 0 Å². The quantitative estimate of drug-likeness (QED) is 0.897. The molecule has 19 heavy (non-hydrogen) atoms. The second-order valence-electron chi connectivity index (χ2n) is 4.07. The van der Waals surface area contributed by atoms with Crippen molar-refractivity contribution < 1.29 is 9.47 Å². The van der Waals surface area contributed by atoms with Crippen LogP contribution in [0.4, 0.5) is 0 Å². The summed E-state index contributed by atoms with van der Waals surface area (Å²) in [5.41, 5.74) is -0.241. The maximum Gasteiger partial charge on any atom is 0.254 e. The zero-order valence-corrected chi connectivity index (χ0v) is 11.0. The molecule has 1 aromatic heterocycles. The Hall–Kier alpha value is -2.30. The Kier molecular flexibility index (Phi) is 4.18. The molecule has 5 nitrogen and oxygen atoms in total. The van der Waals surface area contributed by atoms with Gasteiger partial charge < -0.3 is 14.5 Å². The molecule has 2 aromatic rings. The van der Waals surface area contributed by atoms with Gasteiger partial charge in [0, 0.05) is 0 Å². The van der Waals surface area contributed by atoms with Crippen molar-refractivity contribution in [3.63, 3.8) is 0 Å². The molecule has 0 aliphatic carbocycles. The molecule has 0 radical (unpaired) electrons. The number of ether oxygens (including phenoxy) is 2. The zero-order valence-electron chi connectivity index (χ0n) is 11.0. The molecule has 1 aromatic carbocycles. The SMILES string of the molecule is CCCOc1ccccc1Oc1cc(=O)[nH]c(C)n1. The first-order valence-electron chi connectivity index (χ1n) is 6.16. The van der Waals surface area contributed by atoms with Crippen LogP contribution < -0.4 is 15.0 Å². The number of nitrogens with one attached hydrogen (secondary N) is 1. The number of rotatable bonds is 5. The van der Waals surface area contributed by atoms with Gasteiger partial charge in [0.15, 0.2) is 11.5 Å². The first kappa shape index (κ1) is 13.1. The van der Waals surface area contributed by atoms with Crippen LogP contribution in [0.3, 0.4) is 0 Å². The molecular weight excluding hydrogens is 244 g/mol. The van der Waals surface area contributed by atoms with Crippen LogP contribution in [-0.2, 0) is 0 Å². The number of nitrogens with zero attached hydrogens (tertiary/aromatic N) is 1. The zero-order chi connectivity index (χ0) is 13.7. The number of para-hydroxylation sites is 2. The number of hydrogen-bond acceptors (Lipinski definition) is 4. The molecule has 0 aliphatic rings. The lowest BCUT2D eigenvalue weighted by Crippen LogP contribution is -2.08. The Bertz CT molecular complexity index is 608. The second kappa shape index (κ2) is 6.04. The van der Waals surface area contributed by atoms with Gasteiger partial charge in [-0.25, -0.2) is 4.98 Å². The molecule has 0 saturated carbocycles. The Labute approximate surface area is 111 Å². The number of benzene rings is 1. The highest BCUT2D eigenvalue weighted by Crippen LogP contribution is 2.29. The molecule has 0 saturated heterocycles. The summed E-state index contributed by atoms with van der Waals surface area (Å²) >= 11 is 0. The number of aryl methyl sites for hydroxylation is 1. The standard InChI is InChI=1S/C14H16N2O3/c1-3-8-18-11-6-4-5-7-12(11)19-14-9-13(17)15-10(2)16-14/h4-7,9H,3,8H2,1-2H3,(H,15,16,17). The maximum atomic E-state index is 11.4. The highest BCUT2D eigenvalue weighted by molar-refractivity contribution is 5.41. The number of aromatic amines is 1. The van der Waals surface area contributed by atoms with Crippen molar-refractivity contribution >= 4 is 0 Å². The van der Waals surface area contributed by atoms with Gasteiger partial charge in [0.25, 0.3) is 5.56 Å². The van der Waals surface area contributed by atoms with Crippen LogP contribution in [0.2, 0.25) is 0 Å². The first-order valence-corrected chi connectivity index (χ1v) is 6.16. The second-order valence-corrected chi connectivity index (χ2v) is 4.07. The average Bonchev–Trinajstić information content (AvgIpc) is 2.36. The van der Waals surface area contributed by atoms with Gasteiger partial charge in [0.1, 0.15) is 5.82 Å². The van der Waals surface area contributed by atoms with Gasteiger partial charge in [-0.3, -0.25) is 4.79 Å². The highest BCUT2D eigenvalue weighted by Gasteiger charge is 2.07. The van der Waals surface area contributed by atoms with E-state index in [1.807, 2.05) is 25.1 Å². The smallest absolute Gasteiger partial charge is 0.254 e.